The van der Waals surface area contributed by atoms with E-state index in [0.717, 1.165) is 45.4 Å². The number of carbonyl (C=O) groups excluding carboxylic acids is 2. The number of nitrogens with zero attached hydrogens (tertiary/aromatic N) is 1. The first-order valence-electron chi connectivity index (χ1n) is 28.7. The first-order valence-corrected chi connectivity index (χ1v) is 28.7. The largest absolute Gasteiger partial charge is 0.496 e. The molecule has 4 N–H and O–H groups in total. The van der Waals surface area contributed by atoms with E-state index >= 15 is 0 Å². The summed E-state index contributed by atoms with van der Waals surface area (Å²) in [6, 6.07) is 18.3. The predicted molar refractivity (Wildman–Crippen MR) is 290 cm³/mol. The molecular weight excluding hydrogens is 999 g/mol. The number of esters is 1. The van der Waals surface area contributed by atoms with E-state index in [2.05, 4.69) is 36.4 Å². The van der Waals surface area contributed by atoms with Crippen molar-refractivity contribution < 1.29 is 72.6 Å². The molecule has 16 heteroatoms. The number of fused-ring (bicyclic) bond motifs is 3. The van der Waals surface area contributed by atoms with Gasteiger partial charge in [0.1, 0.15) is 34.9 Å². The number of aliphatic hydroxyl groups excluding tert-OH is 2. The maximum Gasteiger partial charge on any atom is 0.338 e. The topological polar surface area (TPSA) is 201 Å². The highest BCUT2D eigenvalue weighted by Gasteiger charge is 2.56. The molecule has 4 saturated carbocycles. The van der Waals surface area contributed by atoms with Gasteiger partial charge in [-0.25, -0.2) is 4.79 Å². The van der Waals surface area contributed by atoms with Crippen LogP contribution in [0, 0.1) is 41.4 Å². The molecule has 16 nitrogen and oxygen atoms in total. The predicted octanol–water partition coefficient (Wildman–Crippen LogP) is 7.59. The third-order valence-corrected chi connectivity index (χ3v) is 19.9. The zero-order chi connectivity index (χ0) is 55.8. The molecule has 11 rings (SSSR count). The molecule has 4 aliphatic heterocycles. The summed E-state index contributed by atoms with van der Waals surface area (Å²) in [6.45, 7) is 12.0. The van der Waals surface area contributed by atoms with E-state index < -0.39 is 102 Å². The van der Waals surface area contributed by atoms with Crippen LogP contribution in [-0.2, 0) is 48.1 Å². The van der Waals surface area contributed by atoms with Crippen LogP contribution in [0.2, 0.25) is 0 Å². The van der Waals surface area contributed by atoms with Crippen molar-refractivity contribution in [1.29, 1.82) is 0 Å². The average molecular weight is 1090 g/mol. The molecule has 9 unspecified atom stereocenters. The number of hydrogen-bond donors (Lipinski definition) is 4. The number of likely N-dealkylation sites (N-methyl/N-ethyl adjacent to an activating group) is 1. The van der Waals surface area contributed by atoms with Crippen molar-refractivity contribution >= 4 is 22.5 Å². The summed E-state index contributed by atoms with van der Waals surface area (Å²) in [5, 5.41) is 49.6. The lowest BCUT2D eigenvalue weighted by atomic mass is 9.48. The summed E-state index contributed by atoms with van der Waals surface area (Å²) in [5.74, 6) is -0.656. The maximum absolute atomic E-state index is 14.1. The van der Waals surface area contributed by atoms with Crippen molar-refractivity contribution in [2.75, 3.05) is 48.1 Å². The summed E-state index contributed by atoms with van der Waals surface area (Å²) in [7, 11) is 7.09. The number of aliphatic hydroxyl groups is 4. The highest BCUT2D eigenvalue weighted by atomic mass is 16.7. The van der Waals surface area contributed by atoms with E-state index in [9.17, 15) is 30.0 Å². The Hall–Kier alpha value is -3.62. The third kappa shape index (κ3) is 11.0. The fourth-order valence-electron chi connectivity index (χ4n) is 15.6. The molecule has 3 aromatic rings. The summed E-state index contributed by atoms with van der Waals surface area (Å²) < 4.78 is 57.4. The molecule has 4 heterocycles. The second-order valence-corrected chi connectivity index (χ2v) is 25.8. The number of rotatable bonds is 11. The van der Waals surface area contributed by atoms with Crippen LogP contribution in [0.25, 0.3) is 21.9 Å². The van der Waals surface area contributed by atoms with Gasteiger partial charge >= 0.3 is 5.97 Å². The van der Waals surface area contributed by atoms with Gasteiger partial charge in [0.25, 0.3) is 0 Å². The highest BCUT2D eigenvalue weighted by Crippen LogP contribution is 2.62. The molecular formula is C62H87NO15. The van der Waals surface area contributed by atoms with Gasteiger partial charge in [0.05, 0.1) is 56.4 Å². The molecule has 3 aromatic carbocycles. The van der Waals surface area contributed by atoms with Gasteiger partial charge in [-0.05, 0) is 162 Å². The first kappa shape index (κ1) is 57.6. The summed E-state index contributed by atoms with van der Waals surface area (Å²) in [4.78, 5) is 30.1. The zero-order valence-corrected chi connectivity index (χ0v) is 47.7. The van der Waals surface area contributed by atoms with Crippen LogP contribution in [0.1, 0.15) is 122 Å². The van der Waals surface area contributed by atoms with Crippen molar-refractivity contribution in [2.24, 2.45) is 41.4 Å². The Kier molecular flexibility index (Phi) is 16.4. The summed E-state index contributed by atoms with van der Waals surface area (Å²) in [6.07, 6.45) is -1.09. The average Bonchev–Trinajstić information content (AvgIpc) is 4.05. The van der Waals surface area contributed by atoms with Gasteiger partial charge in [-0.1, -0.05) is 52.0 Å². The minimum atomic E-state index is -1.88. The standard InChI is InChI=1S/C62H87NO15/c1-33-26-59(5,68)55(78-58-52(65)46(63(8)9)18-19-72-58)35(3)53(36(4)57-74-32-49(76-57)61(7,69)54(66)34(2)51(33)64)77-50-30-60(6,71-11)48(31-73-50)75-56(67)44-15-14-40-23-41(12-13-42(40)24-44)43-16-17-47(70-10)45(25-43)62-27-37-20-38(28-62)22-39(21-37)29-62/h12-17,23-25,33-39,46,48-50,52-55,57-58,65-66,68-69H,18-22,26-32H2,1-11H3/t33?,34-,35-,36+,37?,38?,39?,46?,48?,49-,50?,52?,53?,54+,55?,57-,58?,59+,60?,61+,62?/m0/s1. The second kappa shape index (κ2) is 22.3. The monoisotopic (exact) mass is 1090 g/mol. The molecule has 17 atom stereocenters. The molecule has 430 valence electrons. The third-order valence-electron chi connectivity index (χ3n) is 19.9. The molecule has 8 fully saturated rings. The van der Waals surface area contributed by atoms with Gasteiger partial charge in [-0.15, -0.1) is 0 Å². The molecule has 0 radical (unpaired) electrons. The van der Waals surface area contributed by atoms with Gasteiger partial charge in [0.2, 0.25) is 0 Å². The van der Waals surface area contributed by atoms with Crippen LogP contribution in [0.15, 0.2) is 54.6 Å². The lowest BCUT2D eigenvalue weighted by molar-refractivity contribution is -0.308. The van der Waals surface area contributed by atoms with E-state index in [-0.39, 0.29) is 43.3 Å². The van der Waals surface area contributed by atoms with Crippen LogP contribution in [0.4, 0.5) is 0 Å². The number of methoxy groups -OCH3 is 2. The smallest absolute Gasteiger partial charge is 0.338 e. The zero-order valence-electron chi connectivity index (χ0n) is 47.7. The number of benzene rings is 3. The summed E-state index contributed by atoms with van der Waals surface area (Å²) in [5.41, 5.74) is -0.548. The van der Waals surface area contributed by atoms with Gasteiger partial charge in [0.15, 0.2) is 25.0 Å². The molecule has 78 heavy (non-hydrogen) atoms. The van der Waals surface area contributed by atoms with E-state index in [0.29, 0.717) is 18.6 Å². The van der Waals surface area contributed by atoms with Crippen molar-refractivity contribution in [1.82, 2.24) is 4.90 Å². The number of Topliss-reactive ketones (excluding diaryl/α,β-unsaturated/α-hetero) is 1. The number of ether oxygens (including phenoxy) is 9. The lowest BCUT2D eigenvalue weighted by Gasteiger charge is -2.57. The lowest BCUT2D eigenvalue weighted by Crippen LogP contribution is -2.60. The fraction of sp³-hybridized carbons (Fsp3) is 0.710. The Labute approximate surface area is 460 Å². The van der Waals surface area contributed by atoms with Gasteiger partial charge in [0, 0.05) is 48.8 Å². The van der Waals surface area contributed by atoms with Crippen LogP contribution in [0.3, 0.4) is 0 Å². The van der Waals surface area contributed by atoms with E-state index in [1.54, 1.807) is 41.1 Å². The van der Waals surface area contributed by atoms with Crippen molar-refractivity contribution in [2.45, 2.75) is 190 Å². The molecule has 4 saturated heterocycles. The molecule has 0 amide bonds. The van der Waals surface area contributed by atoms with Gasteiger partial charge in [-0.3, -0.25) is 4.79 Å². The minimum Gasteiger partial charge on any atom is -0.496 e. The molecule has 0 spiro atoms. The fourth-order valence-corrected chi connectivity index (χ4v) is 15.6. The second-order valence-electron chi connectivity index (χ2n) is 25.8. The van der Waals surface area contributed by atoms with Crippen molar-refractivity contribution in [3.05, 3.63) is 65.7 Å². The van der Waals surface area contributed by atoms with Crippen molar-refractivity contribution in [3.8, 4) is 16.9 Å². The summed E-state index contributed by atoms with van der Waals surface area (Å²) >= 11 is 0. The quantitative estimate of drug-likeness (QED) is 0.137. The van der Waals surface area contributed by atoms with Crippen molar-refractivity contribution in [3.63, 3.8) is 0 Å². The number of ketones is 1. The van der Waals surface area contributed by atoms with Crippen LogP contribution in [-0.4, -0.2) is 164 Å². The van der Waals surface area contributed by atoms with Crippen LogP contribution < -0.4 is 4.74 Å². The Morgan fingerprint density at radius 1 is 0.756 bits per heavy atom. The Morgan fingerprint density at radius 2 is 1.41 bits per heavy atom. The number of hydrogen-bond acceptors (Lipinski definition) is 16. The van der Waals surface area contributed by atoms with E-state index in [4.69, 9.17) is 42.6 Å². The Bertz CT molecular complexity index is 2600. The Morgan fingerprint density at radius 3 is 2.08 bits per heavy atom. The van der Waals surface area contributed by atoms with Gasteiger partial charge in [-0.2, -0.15) is 0 Å². The SMILES string of the molecule is COc1ccc(-c2ccc3cc(C(=O)OC4COC(OC5[C@H](C)C(OC6OCCC(N(C)C)C6O)[C@](C)(O)CC(C)C(=O)[C@H](C)[C@@H](O)[C@](C)(O)[C@@H]6CO[C@@H](O6)[C@@H]5C)CC4(C)OC)ccc3c2)cc1C12CC3CC(CC(C3)C1)C2. The maximum atomic E-state index is 14.1. The molecule has 4 aliphatic carbocycles. The normalized spacial score (nSPS) is 43.2. The van der Waals surface area contributed by atoms with E-state index in [1.807, 2.05) is 51.9 Å². The highest BCUT2D eigenvalue weighted by molar-refractivity contribution is 5.96. The van der Waals surface area contributed by atoms with Crippen LogP contribution in [0.5, 0.6) is 5.75 Å². The molecule has 6 bridgehead atoms. The minimum absolute atomic E-state index is 0.0803. The van der Waals surface area contributed by atoms with E-state index in [1.165, 1.54) is 51.0 Å². The molecule has 0 aromatic heterocycles. The number of carbonyl (C=O) groups is 2. The molecule has 8 aliphatic rings. The van der Waals surface area contributed by atoms with Gasteiger partial charge < -0.3 is 68.0 Å². The first-order chi connectivity index (χ1) is 36.9. The van der Waals surface area contributed by atoms with Crippen LogP contribution >= 0.6 is 0 Å². The Balaban J connectivity index is 0.873.